The molecule has 0 radical (unpaired) electrons. The molecule has 0 bridgehead atoms. The molecule has 126 valence electrons. The molecule has 4 nitrogen and oxygen atoms in total. The summed E-state index contributed by atoms with van der Waals surface area (Å²) in [5.74, 6) is -0.121. The highest BCUT2D eigenvalue weighted by Gasteiger charge is 2.23. The topological polar surface area (TPSA) is 49.4 Å². The highest BCUT2D eigenvalue weighted by Crippen LogP contribution is 2.13. The van der Waals surface area contributed by atoms with E-state index in [0.29, 0.717) is 19.5 Å². The molecule has 0 unspecified atom stereocenters. The van der Waals surface area contributed by atoms with Crippen molar-refractivity contribution < 1.29 is 14.0 Å². The third-order valence-corrected chi connectivity index (χ3v) is 4.23. The number of nitrogens with zero attached hydrogens (tertiary/aromatic N) is 1. The second kappa shape index (κ2) is 8.65. The summed E-state index contributed by atoms with van der Waals surface area (Å²) in [4.78, 5) is 25.9. The van der Waals surface area contributed by atoms with Gasteiger partial charge < -0.3 is 10.2 Å². The summed E-state index contributed by atoms with van der Waals surface area (Å²) in [6.45, 7) is 3.50. The van der Waals surface area contributed by atoms with E-state index < -0.39 is 0 Å². The molecule has 1 heterocycles. The molecule has 2 rings (SSSR count). The molecule has 5 heteroatoms. The predicted molar refractivity (Wildman–Crippen MR) is 87.4 cm³/mol. The maximum Gasteiger partial charge on any atom is 0.224 e. The van der Waals surface area contributed by atoms with Crippen molar-refractivity contribution in [1.82, 2.24) is 10.2 Å². The SMILES string of the molecule is CCCCC(=O)N1CCC(NC(=O)Cc2ccc(F)cc2)CC1. The molecule has 0 spiro atoms. The Bertz CT molecular complexity index is 522. The van der Waals surface area contributed by atoms with Gasteiger partial charge in [-0.2, -0.15) is 0 Å². The second-order valence-corrected chi connectivity index (χ2v) is 6.13. The second-order valence-electron chi connectivity index (χ2n) is 6.13. The summed E-state index contributed by atoms with van der Waals surface area (Å²) >= 11 is 0. The average Bonchev–Trinajstić information content (AvgIpc) is 2.55. The number of carbonyl (C=O) groups is 2. The summed E-state index contributed by atoms with van der Waals surface area (Å²) in [7, 11) is 0. The number of carbonyl (C=O) groups excluding carboxylic acids is 2. The lowest BCUT2D eigenvalue weighted by atomic mass is 10.0. The standard InChI is InChI=1S/C18H25FN2O2/c1-2-3-4-18(23)21-11-9-16(10-12-21)20-17(22)13-14-5-7-15(19)8-6-14/h5-8,16H,2-4,9-13H2,1H3,(H,20,22). The zero-order valence-corrected chi connectivity index (χ0v) is 13.7. The van der Waals surface area contributed by atoms with Gasteiger partial charge in [0, 0.05) is 25.6 Å². The Hall–Kier alpha value is -1.91. The fourth-order valence-electron chi connectivity index (χ4n) is 2.83. The molecular weight excluding hydrogens is 295 g/mol. The van der Waals surface area contributed by atoms with Crippen LogP contribution in [0.25, 0.3) is 0 Å². The molecule has 0 saturated carbocycles. The van der Waals surface area contributed by atoms with Crippen molar-refractivity contribution in [3.63, 3.8) is 0 Å². The Kier molecular flexibility index (Phi) is 6.56. The third-order valence-electron chi connectivity index (χ3n) is 4.23. The quantitative estimate of drug-likeness (QED) is 0.876. The maximum atomic E-state index is 12.8. The van der Waals surface area contributed by atoms with Gasteiger partial charge in [0.2, 0.25) is 11.8 Å². The minimum Gasteiger partial charge on any atom is -0.353 e. The Morgan fingerprint density at radius 2 is 1.87 bits per heavy atom. The number of benzene rings is 1. The van der Waals surface area contributed by atoms with Crippen LogP contribution in [0, 0.1) is 5.82 Å². The van der Waals surface area contributed by atoms with Gasteiger partial charge in [-0.3, -0.25) is 9.59 Å². The van der Waals surface area contributed by atoms with Crippen LogP contribution >= 0.6 is 0 Å². The highest BCUT2D eigenvalue weighted by molar-refractivity contribution is 5.79. The number of piperidine rings is 1. The number of amides is 2. The van der Waals surface area contributed by atoms with Gasteiger partial charge in [-0.1, -0.05) is 25.5 Å². The number of likely N-dealkylation sites (tertiary alicyclic amines) is 1. The van der Waals surface area contributed by atoms with Crippen molar-refractivity contribution in [3.05, 3.63) is 35.6 Å². The lowest BCUT2D eigenvalue weighted by Crippen LogP contribution is -2.46. The first-order chi connectivity index (χ1) is 11.1. The number of hydrogen-bond donors (Lipinski definition) is 1. The molecule has 1 aromatic rings. The van der Waals surface area contributed by atoms with Crippen molar-refractivity contribution >= 4 is 11.8 Å². The summed E-state index contributed by atoms with van der Waals surface area (Å²) in [5.41, 5.74) is 0.802. The maximum absolute atomic E-state index is 12.8. The number of halogens is 1. The zero-order valence-electron chi connectivity index (χ0n) is 13.7. The molecule has 1 aromatic carbocycles. The molecule has 1 N–H and O–H groups in total. The molecule has 1 aliphatic heterocycles. The van der Waals surface area contributed by atoms with Gasteiger partial charge in [0.25, 0.3) is 0 Å². The van der Waals surface area contributed by atoms with Crippen LogP contribution in [-0.4, -0.2) is 35.8 Å². The monoisotopic (exact) mass is 320 g/mol. The zero-order chi connectivity index (χ0) is 16.7. The van der Waals surface area contributed by atoms with Crippen molar-refractivity contribution in [2.75, 3.05) is 13.1 Å². The van der Waals surface area contributed by atoms with Crippen LogP contribution in [0.1, 0.15) is 44.6 Å². The van der Waals surface area contributed by atoms with Crippen LogP contribution in [0.3, 0.4) is 0 Å². The normalized spacial score (nSPS) is 15.5. The van der Waals surface area contributed by atoms with Gasteiger partial charge in [0.05, 0.1) is 6.42 Å². The molecule has 0 aliphatic carbocycles. The third kappa shape index (κ3) is 5.66. The molecule has 2 amide bonds. The summed E-state index contributed by atoms with van der Waals surface area (Å²) in [6, 6.07) is 6.11. The molecule has 0 aromatic heterocycles. The minimum absolute atomic E-state index is 0.0487. The first-order valence-electron chi connectivity index (χ1n) is 8.40. The van der Waals surface area contributed by atoms with Gasteiger partial charge in [-0.05, 0) is 37.0 Å². The Morgan fingerprint density at radius 3 is 2.48 bits per heavy atom. The van der Waals surface area contributed by atoms with Gasteiger partial charge >= 0.3 is 0 Å². The van der Waals surface area contributed by atoms with E-state index in [1.165, 1.54) is 12.1 Å². The average molecular weight is 320 g/mol. The van der Waals surface area contributed by atoms with Gasteiger partial charge in [-0.15, -0.1) is 0 Å². The Balaban J connectivity index is 1.72. The molecule has 23 heavy (non-hydrogen) atoms. The van der Waals surface area contributed by atoms with Crippen LogP contribution in [0.4, 0.5) is 4.39 Å². The van der Waals surface area contributed by atoms with Gasteiger partial charge in [-0.25, -0.2) is 4.39 Å². The number of nitrogens with one attached hydrogen (secondary N) is 1. The van der Waals surface area contributed by atoms with E-state index in [-0.39, 0.29) is 30.1 Å². The van der Waals surface area contributed by atoms with Crippen molar-refractivity contribution in [1.29, 1.82) is 0 Å². The van der Waals surface area contributed by atoms with E-state index in [0.717, 1.165) is 31.2 Å². The first-order valence-corrected chi connectivity index (χ1v) is 8.40. The highest BCUT2D eigenvalue weighted by atomic mass is 19.1. The van der Waals surface area contributed by atoms with E-state index in [9.17, 15) is 14.0 Å². The smallest absolute Gasteiger partial charge is 0.224 e. The van der Waals surface area contributed by atoms with E-state index in [1.807, 2.05) is 4.90 Å². The Labute approximate surface area is 137 Å². The van der Waals surface area contributed by atoms with Gasteiger partial charge in [0.1, 0.15) is 5.82 Å². The molecule has 1 aliphatic rings. The van der Waals surface area contributed by atoms with Crippen LogP contribution in [-0.2, 0) is 16.0 Å². The van der Waals surface area contributed by atoms with Gasteiger partial charge in [0.15, 0.2) is 0 Å². The largest absolute Gasteiger partial charge is 0.353 e. The number of hydrogen-bond acceptors (Lipinski definition) is 2. The van der Waals surface area contributed by atoms with E-state index in [4.69, 9.17) is 0 Å². The Morgan fingerprint density at radius 1 is 1.22 bits per heavy atom. The lowest BCUT2D eigenvalue weighted by Gasteiger charge is -2.32. The summed E-state index contributed by atoms with van der Waals surface area (Å²) in [5, 5.41) is 3.01. The van der Waals surface area contributed by atoms with E-state index in [1.54, 1.807) is 12.1 Å². The molecule has 0 atom stereocenters. The summed E-state index contributed by atoms with van der Waals surface area (Å²) in [6.07, 6.45) is 4.45. The van der Waals surface area contributed by atoms with Crippen LogP contribution in [0.2, 0.25) is 0 Å². The molecule has 1 saturated heterocycles. The first kappa shape index (κ1) is 17.4. The minimum atomic E-state index is -0.297. The fraction of sp³-hybridized carbons (Fsp3) is 0.556. The van der Waals surface area contributed by atoms with Crippen LogP contribution < -0.4 is 5.32 Å². The summed E-state index contributed by atoms with van der Waals surface area (Å²) < 4.78 is 12.8. The number of unbranched alkanes of at least 4 members (excludes halogenated alkanes) is 1. The van der Waals surface area contributed by atoms with Crippen molar-refractivity contribution in [2.45, 2.75) is 51.5 Å². The molecule has 1 fully saturated rings. The van der Waals surface area contributed by atoms with Crippen LogP contribution in [0.15, 0.2) is 24.3 Å². The lowest BCUT2D eigenvalue weighted by molar-refractivity contribution is -0.132. The van der Waals surface area contributed by atoms with Crippen LogP contribution in [0.5, 0.6) is 0 Å². The predicted octanol–water partition coefficient (Wildman–Crippen LogP) is 2.67. The molecular formula is C18H25FN2O2. The fourth-order valence-corrected chi connectivity index (χ4v) is 2.83. The van der Waals surface area contributed by atoms with Crippen molar-refractivity contribution in [2.24, 2.45) is 0 Å². The van der Waals surface area contributed by atoms with Crippen molar-refractivity contribution in [3.8, 4) is 0 Å². The van der Waals surface area contributed by atoms with E-state index >= 15 is 0 Å². The van der Waals surface area contributed by atoms with E-state index in [2.05, 4.69) is 12.2 Å². The number of rotatable bonds is 6.